The van der Waals surface area contributed by atoms with Crippen LogP contribution in [0.4, 0.5) is 5.69 Å². The first-order valence-corrected chi connectivity index (χ1v) is 38.1. The number of unbranched alkanes of at least 4 members (excludes halogenated alkanes) is 4. The van der Waals surface area contributed by atoms with Crippen molar-refractivity contribution in [2.75, 3.05) is 338 Å². The van der Waals surface area contributed by atoms with Crippen molar-refractivity contribution < 1.29 is 147 Å². The van der Waals surface area contributed by atoms with Gasteiger partial charge in [0.05, 0.1) is 335 Å². The maximum absolute atomic E-state index is 12.5. The van der Waals surface area contributed by atoms with Crippen LogP contribution < -0.4 is 5.32 Å². The number of nitrogens with zero attached hydrogens (tertiary/aromatic N) is 1. The number of hydrogen-bond donors (Lipinski definition) is 2. The van der Waals surface area contributed by atoms with Crippen LogP contribution in [0.3, 0.4) is 0 Å². The van der Waals surface area contributed by atoms with E-state index < -0.39 is 0 Å². The summed E-state index contributed by atoms with van der Waals surface area (Å²) in [7, 11) is 3.06. The van der Waals surface area contributed by atoms with Crippen LogP contribution in [0, 0.1) is 0 Å². The maximum atomic E-state index is 12.5. The Morgan fingerprint density at radius 3 is 0.962 bits per heavy atom. The molecule has 0 saturated carbocycles. The molecule has 1 aliphatic rings. The van der Waals surface area contributed by atoms with Gasteiger partial charge in [0.2, 0.25) is 11.6 Å². The molecule has 0 spiro atoms. The number of hydrogen-bond acceptors (Lipinski definition) is 31. The summed E-state index contributed by atoms with van der Waals surface area (Å²) in [5.41, 5.74) is 3.41. The number of benzene rings is 1. The molecule has 1 amide bonds. The zero-order chi connectivity index (χ0) is 75.2. The molecule has 105 heavy (non-hydrogen) atoms. The van der Waals surface area contributed by atoms with E-state index in [0.29, 0.717) is 330 Å². The molecular formula is C72H133N2O30S+. The van der Waals surface area contributed by atoms with Crippen molar-refractivity contribution in [3.63, 3.8) is 0 Å². The minimum atomic E-state index is -0.204. The lowest BCUT2D eigenvalue weighted by Crippen LogP contribution is -2.30. The number of amides is 1. The van der Waals surface area contributed by atoms with Crippen molar-refractivity contribution in [3.8, 4) is 0 Å². The van der Waals surface area contributed by atoms with Crippen LogP contribution in [0.25, 0.3) is 0 Å². The van der Waals surface area contributed by atoms with E-state index >= 15 is 0 Å². The molecule has 616 valence electrons. The molecule has 1 aromatic rings. The monoisotopic (exact) mass is 1540 g/mol. The Kier molecular flexibility index (Phi) is 72.8. The summed E-state index contributed by atoms with van der Waals surface area (Å²) in [5, 5.41) is 15.5. The maximum Gasteiger partial charge on any atom is 0.305 e. The molecule has 0 saturated heterocycles. The fourth-order valence-electron chi connectivity index (χ4n) is 9.77. The zero-order valence-corrected chi connectivity index (χ0v) is 64.7. The van der Waals surface area contributed by atoms with E-state index in [1.165, 1.54) is 18.4 Å². The second-order valence-corrected chi connectivity index (χ2v) is 24.1. The number of nitrogens with one attached hydrogen (secondary N) is 1. The summed E-state index contributed by atoms with van der Waals surface area (Å²) >= 11 is 0.951. The van der Waals surface area contributed by atoms with Gasteiger partial charge >= 0.3 is 5.97 Å². The molecule has 0 bridgehead atoms. The molecule has 2 N–H and O–H groups in total. The number of rotatable bonds is 87. The average Bonchev–Trinajstić information content (AvgIpc) is 1.59. The Hall–Kier alpha value is -2.90. The van der Waals surface area contributed by atoms with Crippen LogP contribution in [0.2, 0.25) is 0 Å². The smallest absolute Gasteiger partial charge is 0.305 e. The van der Waals surface area contributed by atoms with Crippen LogP contribution in [-0.4, -0.2) is 365 Å². The third-order valence-electron chi connectivity index (χ3n) is 15.5. The summed E-state index contributed by atoms with van der Waals surface area (Å²) < 4.78 is 144. The normalized spacial score (nSPS) is 13.6. The fourth-order valence-corrected chi connectivity index (χ4v) is 10.2. The van der Waals surface area contributed by atoms with Gasteiger partial charge in [0.15, 0.2) is 5.71 Å². The highest BCUT2D eigenvalue weighted by molar-refractivity contribution is 7.94. The van der Waals surface area contributed by atoms with E-state index in [-0.39, 0.29) is 17.3 Å². The van der Waals surface area contributed by atoms with E-state index in [2.05, 4.69) is 40.9 Å². The van der Waals surface area contributed by atoms with Crippen LogP contribution >= 0.6 is 12.0 Å². The van der Waals surface area contributed by atoms with Gasteiger partial charge in [-0.15, -0.1) is 4.33 Å². The summed E-state index contributed by atoms with van der Waals surface area (Å²) in [6.45, 7) is 28.4. The Morgan fingerprint density at radius 2 is 0.667 bits per heavy atom. The van der Waals surface area contributed by atoms with E-state index in [9.17, 15) is 9.59 Å². The van der Waals surface area contributed by atoms with Crippen molar-refractivity contribution in [3.05, 3.63) is 23.8 Å². The number of fused-ring (bicyclic) bond motifs is 1. The summed E-state index contributed by atoms with van der Waals surface area (Å²) in [4.78, 5) is 24.9. The second kappa shape index (κ2) is 77.8. The zero-order valence-electron chi connectivity index (χ0n) is 63.9. The van der Waals surface area contributed by atoms with Crippen molar-refractivity contribution in [1.82, 2.24) is 5.32 Å². The molecule has 0 aliphatic carbocycles. The van der Waals surface area contributed by atoms with Crippen LogP contribution in [0.1, 0.15) is 77.2 Å². The Morgan fingerprint density at radius 1 is 0.381 bits per heavy atom. The fraction of sp³-hybridized carbons (Fsp3) is 0.875. The van der Waals surface area contributed by atoms with Crippen molar-refractivity contribution in [1.29, 1.82) is 0 Å². The number of methoxy groups -OCH3 is 2. The average molecular weight is 1540 g/mol. The van der Waals surface area contributed by atoms with Crippen molar-refractivity contribution >= 4 is 35.3 Å². The third-order valence-corrected chi connectivity index (χ3v) is 16.0. The quantitative estimate of drug-likeness (QED) is 0.0208. The molecule has 32 nitrogen and oxygen atoms in total. The van der Waals surface area contributed by atoms with Gasteiger partial charge in [-0.1, -0.05) is 17.9 Å². The Balaban J connectivity index is 1.17. The molecule has 33 heteroatoms. The van der Waals surface area contributed by atoms with E-state index in [0.717, 1.165) is 74.1 Å². The Labute approximate surface area is 629 Å². The molecule has 1 aromatic carbocycles. The minimum absolute atomic E-state index is 0.0148. The first-order chi connectivity index (χ1) is 51.9. The van der Waals surface area contributed by atoms with Crippen LogP contribution in [0.5, 0.6) is 0 Å². The number of esters is 1. The molecule has 1 heterocycles. The number of ether oxygens (including phenoxy) is 25. The van der Waals surface area contributed by atoms with Crippen molar-refractivity contribution in [2.45, 2.75) is 81.9 Å². The summed E-state index contributed by atoms with van der Waals surface area (Å²) in [6, 6.07) is 6.12. The van der Waals surface area contributed by atoms with E-state index in [4.69, 9.17) is 128 Å². The molecular weight excluding hydrogens is 1400 g/mol. The largest absolute Gasteiger partial charge is 0.469 e. The van der Waals surface area contributed by atoms with Gasteiger partial charge in [-0.25, -0.2) is 5.26 Å². The number of carbonyl (C=O) groups excluding carboxylic acids is 2. The lowest BCUT2D eigenvalue weighted by molar-refractivity contribution is -0.439. The predicted octanol–water partition coefficient (Wildman–Crippen LogP) is 5.32. The molecule has 0 fully saturated rings. The SMILES string of the molecule is COCCOCCOCCOCCOCCOCCOCCOCCOCCOCCOCCOCCOCCOCCOCCOCCOCCOCCOCCOCCOCCOCCOCCOCCNC(=O)CCCCC[N+]1=C(C)C(C)(CCCCCC(=O)OC)c2cc(SOOO)ccc21. The highest BCUT2D eigenvalue weighted by Gasteiger charge is 2.46. The van der Waals surface area contributed by atoms with Crippen LogP contribution in [0.15, 0.2) is 23.1 Å². The lowest BCUT2D eigenvalue weighted by atomic mass is 9.76. The van der Waals surface area contributed by atoms with Crippen LogP contribution in [-0.2, 0) is 143 Å². The summed E-state index contributed by atoms with van der Waals surface area (Å²) in [5.74, 6) is -0.168. The van der Waals surface area contributed by atoms with Gasteiger partial charge in [0.1, 0.15) is 6.54 Å². The van der Waals surface area contributed by atoms with E-state index in [1.807, 2.05) is 6.07 Å². The highest BCUT2D eigenvalue weighted by atomic mass is 32.2. The molecule has 0 radical (unpaired) electrons. The first-order valence-electron chi connectivity index (χ1n) is 37.4. The molecule has 1 aliphatic heterocycles. The number of carbonyl (C=O) groups is 2. The first kappa shape index (κ1) is 98.2. The van der Waals surface area contributed by atoms with Gasteiger partial charge in [-0.05, 0) is 44.7 Å². The predicted molar refractivity (Wildman–Crippen MR) is 387 cm³/mol. The van der Waals surface area contributed by atoms with Gasteiger partial charge in [-0.2, -0.15) is 4.58 Å². The standard InChI is InChI=1S/C72H132N2O30S/c1-66-72(2,15-9-5-8-12-71(76)79-4)68-65-67(105-104-103-77)13-14-69(68)74(66)17-10-6-7-11-70(75)73-16-18-80-21-22-82-25-26-84-29-30-86-33-34-88-37-38-90-41-42-92-45-46-94-49-50-96-53-54-98-57-58-100-61-62-102-64-63-101-60-59-99-56-55-97-52-51-95-48-47-93-44-43-91-40-39-89-36-35-87-32-31-85-28-27-83-24-23-81-20-19-78-3/h13-14,65H,5-12,15-64H2,1-4H3,(H-,73,75,77)/p+1. The summed E-state index contributed by atoms with van der Waals surface area (Å²) in [6.07, 6.45) is 7.11. The lowest BCUT2D eigenvalue weighted by Gasteiger charge is -2.22. The molecule has 2 rings (SSSR count). The van der Waals surface area contributed by atoms with Gasteiger partial charge in [0.25, 0.3) is 0 Å². The second-order valence-electron chi connectivity index (χ2n) is 23.3. The Bertz CT molecular complexity index is 2090. The van der Waals surface area contributed by atoms with Gasteiger partial charge in [-0.3, -0.25) is 9.59 Å². The third kappa shape index (κ3) is 61.5. The highest BCUT2D eigenvalue weighted by Crippen LogP contribution is 2.45. The molecule has 0 aromatic heterocycles. The minimum Gasteiger partial charge on any atom is -0.469 e. The topological polar surface area (TPSA) is 319 Å². The van der Waals surface area contributed by atoms with Gasteiger partial charge in [0, 0.05) is 56.4 Å². The van der Waals surface area contributed by atoms with E-state index in [1.54, 1.807) is 7.11 Å². The van der Waals surface area contributed by atoms with Crippen molar-refractivity contribution in [2.24, 2.45) is 0 Å². The van der Waals surface area contributed by atoms with Gasteiger partial charge < -0.3 is 124 Å². The molecule has 1 unspecified atom stereocenters. The molecule has 1 atom stereocenters.